The van der Waals surface area contributed by atoms with Crippen molar-refractivity contribution in [1.82, 2.24) is 0 Å². The Morgan fingerprint density at radius 1 is 1.47 bits per heavy atom. The quantitative estimate of drug-likeness (QED) is 0.400. The van der Waals surface area contributed by atoms with E-state index in [0.29, 0.717) is 11.9 Å². The number of azo groups is 1. The Morgan fingerprint density at radius 2 is 2.12 bits per heavy atom. The van der Waals surface area contributed by atoms with E-state index in [2.05, 4.69) is 30.9 Å². The van der Waals surface area contributed by atoms with Crippen LogP contribution in [0.15, 0.2) is 50.9 Å². The number of halogens is 1. The van der Waals surface area contributed by atoms with Crippen molar-refractivity contribution in [3.05, 3.63) is 40.7 Å². The van der Waals surface area contributed by atoms with Crippen LogP contribution in [0.25, 0.3) is 0 Å². The van der Waals surface area contributed by atoms with Gasteiger partial charge < -0.3 is 9.84 Å². The normalized spacial score (nSPS) is 11.8. The first kappa shape index (κ1) is 13.4. The van der Waals surface area contributed by atoms with Crippen molar-refractivity contribution >= 4 is 27.6 Å². The topological polar surface area (TPSA) is 71.2 Å². The first-order valence-corrected chi connectivity index (χ1v) is 5.65. The van der Waals surface area contributed by atoms with Crippen molar-refractivity contribution in [2.24, 2.45) is 10.2 Å². The third-order valence-corrected chi connectivity index (χ3v) is 2.24. The van der Waals surface area contributed by atoms with Crippen molar-refractivity contribution in [3.63, 3.8) is 0 Å². The van der Waals surface area contributed by atoms with Gasteiger partial charge in [-0.1, -0.05) is 15.9 Å². The van der Waals surface area contributed by atoms with E-state index in [-0.39, 0.29) is 12.3 Å². The summed E-state index contributed by atoms with van der Waals surface area (Å²) < 4.78 is 5.59. The molecule has 5 nitrogen and oxygen atoms in total. The van der Waals surface area contributed by atoms with Crippen LogP contribution in [0.2, 0.25) is 0 Å². The number of esters is 1. The summed E-state index contributed by atoms with van der Waals surface area (Å²) in [5.41, 5.74) is 0.326. The molecule has 0 aliphatic carbocycles. The van der Waals surface area contributed by atoms with Crippen LogP contribution in [0, 0.1) is 0 Å². The molecule has 0 bridgehead atoms. The van der Waals surface area contributed by atoms with Gasteiger partial charge in [0.15, 0.2) is 0 Å². The molecule has 0 aliphatic rings. The molecule has 1 rings (SSSR count). The molecule has 0 atom stereocenters. The van der Waals surface area contributed by atoms with E-state index in [1.165, 1.54) is 0 Å². The Balaban J connectivity index is 2.75. The Morgan fingerprint density at radius 3 is 2.65 bits per heavy atom. The zero-order valence-electron chi connectivity index (χ0n) is 9.13. The second kappa shape index (κ2) is 6.80. The van der Waals surface area contributed by atoms with Crippen molar-refractivity contribution in [3.8, 4) is 0 Å². The first-order chi connectivity index (χ1) is 8.17. The fourth-order valence-electron chi connectivity index (χ4n) is 0.944. The average molecular weight is 299 g/mol. The van der Waals surface area contributed by atoms with Gasteiger partial charge in [0.25, 0.3) is 0 Å². The zero-order valence-corrected chi connectivity index (χ0v) is 10.7. The number of aliphatic hydroxyl groups excluding tert-OH is 1. The lowest BCUT2D eigenvalue weighted by Crippen LogP contribution is -2.05. The van der Waals surface area contributed by atoms with Gasteiger partial charge in [-0.2, -0.15) is 5.11 Å². The third kappa shape index (κ3) is 4.36. The monoisotopic (exact) mass is 298 g/mol. The van der Waals surface area contributed by atoms with Gasteiger partial charge in [0, 0.05) is 4.47 Å². The molecule has 1 N–H and O–H groups in total. The smallest absolute Gasteiger partial charge is 0.362 e. The van der Waals surface area contributed by atoms with Gasteiger partial charge in [-0.25, -0.2) is 4.79 Å². The van der Waals surface area contributed by atoms with Crippen molar-refractivity contribution in [1.29, 1.82) is 0 Å². The van der Waals surface area contributed by atoms with Crippen LogP contribution in [0.1, 0.15) is 6.92 Å². The van der Waals surface area contributed by atoms with Crippen LogP contribution < -0.4 is 0 Å². The highest BCUT2D eigenvalue weighted by Gasteiger charge is 2.09. The molecule has 1 aromatic rings. The van der Waals surface area contributed by atoms with E-state index in [4.69, 9.17) is 5.11 Å². The number of nitrogens with zero attached hydrogens (tertiary/aromatic N) is 2. The number of benzene rings is 1. The number of hydrogen-bond acceptors (Lipinski definition) is 5. The summed E-state index contributed by atoms with van der Waals surface area (Å²) in [4.78, 5) is 11.2. The standard InChI is InChI=1S/C11H11BrN2O3/c1-2-17-11(16)10(7-15)14-13-9-5-3-8(12)4-6-9/h3-7,15H,2H2,1H3. The molecule has 0 amide bonds. The van der Waals surface area contributed by atoms with E-state index in [9.17, 15) is 4.79 Å². The zero-order chi connectivity index (χ0) is 12.7. The number of rotatable bonds is 4. The maximum atomic E-state index is 11.2. The van der Waals surface area contributed by atoms with Crippen LogP contribution in [0.5, 0.6) is 0 Å². The second-order valence-electron chi connectivity index (χ2n) is 2.91. The molecule has 0 fully saturated rings. The number of carbonyl (C=O) groups is 1. The van der Waals surface area contributed by atoms with E-state index in [0.717, 1.165) is 4.47 Å². The largest absolute Gasteiger partial charge is 0.513 e. The van der Waals surface area contributed by atoms with Crippen molar-refractivity contribution < 1.29 is 14.6 Å². The minimum atomic E-state index is -0.712. The molecule has 0 unspecified atom stereocenters. The first-order valence-electron chi connectivity index (χ1n) is 4.86. The molecule has 1 aromatic carbocycles. The molecule has 0 saturated heterocycles. The summed E-state index contributed by atoms with van der Waals surface area (Å²) in [6.07, 6.45) is 0.570. The Hall–Kier alpha value is -1.69. The van der Waals surface area contributed by atoms with E-state index < -0.39 is 5.97 Å². The van der Waals surface area contributed by atoms with Crippen molar-refractivity contribution in [2.75, 3.05) is 6.61 Å². The highest BCUT2D eigenvalue weighted by molar-refractivity contribution is 9.10. The molecular formula is C11H11BrN2O3. The minimum Gasteiger partial charge on any atom is -0.513 e. The predicted octanol–water partition coefficient (Wildman–Crippen LogP) is 3.50. The molecule has 0 spiro atoms. The minimum absolute atomic E-state index is 0.212. The van der Waals surface area contributed by atoms with Gasteiger partial charge in [0.05, 0.1) is 12.3 Å². The molecule has 17 heavy (non-hydrogen) atoms. The van der Waals surface area contributed by atoms with Gasteiger partial charge in [0.2, 0.25) is 5.70 Å². The Kier molecular flexibility index (Phi) is 5.35. The summed E-state index contributed by atoms with van der Waals surface area (Å²) in [5, 5.41) is 16.2. The fraction of sp³-hybridized carbons (Fsp3) is 0.182. The molecule has 90 valence electrons. The summed E-state index contributed by atoms with van der Waals surface area (Å²) in [7, 11) is 0. The third-order valence-electron chi connectivity index (χ3n) is 1.71. The number of ether oxygens (including phenoxy) is 1. The van der Waals surface area contributed by atoms with Crippen LogP contribution in [0.4, 0.5) is 5.69 Å². The average Bonchev–Trinajstić information content (AvgIpc) is 2.32. The second-order valence-corrected chi connectivity index (χ2v) is 3.83. The van der Waals surface area contributed by atoms with E-state index in [1.807, 2.05) is 0 Å². The molecule has 0 heterocycles. The molecule has 6 heteroatoms. The lowest BCUT2D eigenvalue weighted by Gasteiger charge is -1.99. The summed E-state index contributed by atoms with van der Waals surface area (Å²) in [6.45, 7) is 1.88. The summed E-state index contributed by atoms with van der Waals surface area (Å²) >= 11 is 3.29. The van der Waals surface area contributed by atoms with Gasteiger partial charge in [-0.05, 0) is 31.2 Å². The van der Waals surface area contributed by atoms with Gasteiger partial charge in [-0.15, -0.1) is 5.11 Å². The number of hydrogen-bond donors (Lipinski definition) is 1. The molecular weight excluding hydrogens is 288 g/mol. The SMILES string of the molecule is CCOC(=O)C(=CO)N=Nc1ccc(Br)cc1. The molecule has 0 aliphatic heterocycles. The van der Waals surface area contributed by atoms with Gasteiger partial charge in [-0.3, -0.25) is 0 Å². The highest BCUT2D eigenvalue weighted by Crippen LogP contribution is 2.18. The van der Waals surface area contributed by atoms with E-state index >= 15 is 0 Å². The molecule has 0 saturated carbocycles. The van der Waals surface area contributed by atoms with Crippen LogP contribution in [-0.2, 0) is 9.53 Å². The van der Waals surface area contributed by atoms with Gasteiger partial charge >= 0.3 is 5.97 Å². The molecule has 0 aromatic heterocycles. The Labute approximate surface area is 107 Å². The maximum absolute atomic E-state index is 11.2. The van der Waals surface area contributed by atoms with Gasteiger partial charge in [0.1, 0.15) is 6.26 Å². The fourth-order valence-corrected chi connectivity index (χ4v) is 1.21. The molecule has 0 radical (unpaired) electrons. The lowest BCUT2D eigenvalue weighted by atomic mass is 10.3. The van der Waals surface area contributed by atoms with E-state index in [1.54, 1.807) is 31.2 Å². The number of aliphatic hydroxyl groups is 1. The summed E-state index contributed by atoms with van der Waals surface area (Å²) in [6, 6.07) is 7.02. The van der Waals surface area contributed by atoms with Crippen LogP contribution in [0.3, 0.4) is 0 Å². The predicted molar refractivity (Wildman–Crippen MR) is 66.0 cm³/mol. The Bertz CT molecular complexity index is 441. The maximum Gasteiger partial charge on any atom is 0.362 e. The lowest BCUT2D eigenvalue weighted by molar-refractivity contribution is -0.138. The van der Waals surface area contributed by atoms with Crippen molar-refractivity contribution in [2.45, 2.75) is 6.92 Å². The summed E-state index contributed by atoms with van der Waals surface area (Å²) in [5.74, 6) is -0.712. The van der Waals surface area contributed by atoms with Crippen LogP contribution >= 0.6 is 15.9 Å². The highest BCUT2D eigenvalue weighted by atomic mass is 79.9. The van der Waals surface area contributed by atoms with Crippen LogP contribution in [-0.4, -0.2) is 17.7 Å². The number of carbonyl (C=O) groups excluding carboxylic acids is 1.